The molecule has 0 saturated carbocycles. The first-order valence-corrected chi connectivity index (χ1v) is 5.00. The fraction of sp³-hybridized carbons (Fsp3) is 0.0909. The van der Waals surface area contributed by atoms with Gasteiger partial charge in [0.2, 0.25) is 0 Å². The van der Waals surface area contributed by atoms with E-state index < -0.39 is 11.7 Å². The van der Waals surface area contributed by atoms with Crippen molar-refractivity contribution in [3.8, 4) is 11.3 Å². The molecule has 0 N–H and O–H groups in total. The Morgan fingerprint density at radius 3 is 2.06 bits per heavy atom. The molecule has 0 fully saturated rings. The zero-order chi connectivity index (χ0) is 12.5. The van der Waals surface area contributed by atoms with Gasteiger partial charge in [0.15, 0.2) is 5.15 Å². The molecule has 0 saturated heterocycles. The van der Waals surface area contributed by atoms with E-state index in [9.17, 15) is 13.2 Å². The molecule has 1 aromatic carbocycles. The van der Waals surface area contributed by atoms with Gasteiger partial charge in [-0.05, 0) is 12.1 Å². The maximum atomic E-state index is 12.3. The van der Waals surface area contributed by atoms with Crippen LogP contribution in [-0.2, 0) is 6.18 Å². The molecule has 0 unspecified atom stereocenters. The van der Waals surface area contributed by atoms with Crippen molar-refractivity contribution in [2.75, 3.05) is 0 Å². The number of hydrogen-bond acceptors (Lipinski definition) is 2. The van der Waals surface area contributed by atoms with Crippen molar-refractivity contribution in [3.63, 3.8) is 0 Å². The number of hydrogen-bond donors (Lipinski definition) is 0. The van der Waals surface area contributed by atoms with E-state index in [1.807, 2.05) is 0 Å². The first kappa shape index (κ1) is 11.9. The summed E-state index contributed by atoms with van der Waals surface area (Å²) < 4.78 is 37.0. The van der Waals surface area contributed by atoms with Crippen molar-refractivity contribution in [2.45, 2.75) is 6.18 Å². The van der Waals surface area contributed by atoms with Gasteiger partial charge in [-0.15, -0.1) is 0 Å². The highest BCUT2D eigenvalue weighted by molar-refractivity contribution is 6.31. The summed E-state index contributed by atoms with van der Waals surface area (Å²) in [6.45, 7) is 0. The molecule has 6 heteroatoms. The zero-order valence-corrected chi connectivity index (χ0v) is 9.13. The summed E-state index contributed by atoms with van der Waals surface area (Å²) >= 11 is 5.79. The summed E-state index contributed by atoms with van der Waals surface area (Å²) in [7, 11) is 0. The van der Waals surface area contributed by atoms with Gasteiger partial charge in [0.1, 0.15) is 5.69 Å². The standard InChI is InChI=1S/C11H6ClF3N2/c12-10-9(16-5-6-17-10)7-1-3-8(4-2-7)11(13,14)15/h1-6H. The number of halogens is 4. The molecule has 0 spiro atoms. The van der Waals surface area contributed by atoms with E-state index in [0.717, 1.165) is 12.1 Å². The van der Waals surface area contributed by atoms with E-state index in [4.69, 9.17) is 11.6 Å². The monoisotopic (exact) mass is 258 g/mol. The van der Waals surface area contributed by atoms with Crippen LogP contribution in [0.5, 0.6) is 0 Å². The Morgan fingerprint density at radius 2 is 1.53 bits per heavy atom. The second-order valence-electron chi connectivity index (χ2n) is 3.27. The first-order chi connectivity index (χ1) is 7.98. The highest BCUT2D eigenvalue weighted by Gasteiger charge is 2.30. The molecule has 2 rings (SSSR count). The van der Waals surface area contributed by atoms with Crippen LogP contribution in [0.25, 0.3) is 11.3 Å². The van der Waals surface area contributed by atoms with Crippen molar-refractivity contribution in [1.29, 1.82) is 0 Å². The van der Waals surface area contributed by atoms with E-state index >= 15 is 0 Å². The van der Waals surface area contributed by atoms with Crippen molar-refractivity contribution < 1.29 is 13.2 Å². The maximum absolute atomic E-state index is 12.3. The van der Waals surface area contributed by atoms with Gasteiger partial charge < -0.3 is 0 Å². The predicted molar refractivity (Wildman–Crippen MR) is 57.5 cm³/mol. The fourth-order valence-corrected chi connectivity index (χ4v) is 1.55. The van der Waals surface area contributed by atoms with Gasteiger partial charge in [-0.3, -0.25) is 4.98 Å². The summed E-state index contributed by atoms with van der Waals surface area (Å²) in [5.74, 6) is 0. The van der Waals surface area contributed by atoms with Crippen molar-refractivity contribution in [1.82, 2.24) is 9.97 Å². The summed E-state index contributed by atoms with van der Waals surface area (Å²) in [5.41, 5.74) is 0.153. The molecule has 1 aromatic heterocycles. The van der Waals surface area contributed by atoms with Crippen LogP contribution in [0.2, 0.25) is 5.15 Å². The average Bonchev–Trinajstić information content (AvgIpc) is 2.29. The molecule has 0 aliphatic rings. The molecule has 0 bridgehead atoms. The van der Waals surface area contributed by atoms with Gasteiger partial charge in [0.25, 0.3) is 0 Å². The van der Waals surface area contributed by atoms with Crippen LogP contribution in [0.3, 0.4) is 0 Å². The zero-order valence-electron chi connectivity index (χ0n) is 8.37. The molecule has 17 heavy (non-hydrogen) atoms. The highest BCUT2D eigenvalue weighted by Crippen LogP contribution is 2.31. The second-order valence-corrected chi connectivity index (χ2v) is 3.63. The molecular formula is C11H6ClF3N2. The van der Waals surface area contributed by atoms with Gasteiger partial charge in [-0.1, -0.05) is 23.7 Å². The third-order valence-corrected chi connectivity index (χ3v) is 2.42. The lowest BCUT2D eigenvalue weighted by molar-refractivity contribution is -0.137. The quantitative estimate of drug-likeness (QED) is 0.777. The lowest BCUT2D eigenvalue weighted by Crippen LogP contribution is -2.04. The Labute approximate surface area is 100 Å². The summed E-state index contributed by atoms with van der Waals surface area (Å²) in [6.07, 6.45) is -1.50. The van der Waals surface area contributed by atoms with Gasteiger partial charge in [0.05, 0.1) is 5.56 Å². The Bertz CT molecular complexity index is 523. The van der Waals surface area contributed by atoms with Crippen LogP contribution in [0, 0.1) is 0 Å². The van der Waals surface area contributed by atoms with Crippen molar-refractivity contribution in [3.05, 3.63) is 47.4 Å². The smallest absolute Gasteiger partial charge is 0.251 e. The third kappa shape index (κ3) is 2.55. The Kier molecular flexibility index (Phi) is 3.02. The summed E-state index contributed by atoms with van der Waals surface area (Å²) in [4.78, 5) is 7.77. The third-order valence-electron chi connectivity index (χ3n) is 2.14. The molecule has 88 valence electrons. The molecule has 0 aliphatic heterocycles. The van der Waals surface area contributed by atoms with Gasteiger partial charge in [-0.25, -0.2) is 4.98 Å². The molecule has 2 aromatic rings. The van der Waals surface area contributed by atoms with Gasteiger partial charge >= 0.3 is 6.18 Å². The minimum atomic E-state index is -4.34. The topological polar surface area (TPSA) is 25.8 Å². The van der Waals surface area contributed by atoms with Crippen molar-refractivity contribution in [2.24, 2.45) is 0 Å². The number of nitrogens with zero attached hydrogens (tertiary/aromatic N) is 2. The summed E-state index contributed by atoms with van der Waals surface area (Å²) in [6, 6.07) is 4.61. The van der Waals surface area contributed by atoms with Crippen LogP contribution in [0.15, 0.2) is 36.7 Å². The SMILES string of the molecule is FC(F)(F)c1ccc(-c2nccnc2Cl)cc1. The number of aromatic nitrogens is 2. The minimum Gasteiger partial charge on any atom is -0.251 e. The second kappa shape index (κ2) is 4.33. The Hall–Kier alpha value is -1.62. The lowest BCUT2D eigenvalue weighted by atomic mass is 10.1. The van der Waals surface area contributed by atoms with E-state index in [1.54, 1.807) is 0 Å². The van der Waals surface area contributed by atoms with E-state index in [-0.39, 0.29) is 5.15 Å². The van der Waals surface area contributed by atoms with E-state index in [1.165, 1.54) is 24.5 Å². The minimum absolute atomic E-state index is 0.159. The average molecular weight is 259 g/mol. The molecule has 1 heterocycles. The van der Waals surface area contributed by atoms with Gasteiger partial charge in [-0.2, -0.15) is 13.2 Å². The number of rotatable bonds is 1. The van der Waals surface area contributed by atoms with Crippen LogP contribution in [0.1, 0.15) is 5.56 Å². The van der Waals surface area contributed by atoms with Crippen molar-refractivity contribution >= 4 is 11.6 Å². The Morgan fingerprint density at radius 1 is 0.941 bits per heavy atom. The molecule has 0 aliphatic carbocycles. The van der Waals surface area contributed by atoms with Crippen LogP contribution >= 0.6 is 11.6 Å². The number of benzene rings is 1. The largest absolute Gasteiger partial charge is 0.416 e. The molecule has 0 radical (unpaired) electrons. The van der Waals surface area contributed by atoms with E-state index in [2.05, 4.69) is 9.97 Å². The predicted octanol–water partition coefficient (Wildman–Crippen LogP) is 3.82. The molecule has 0 atom stereocenters. The fourth-order valence-electron chi connectivity index (χ4n) is 1.33. The number of alkyl halides is 3. The molecule has 0 amide bonds. The molecule has 2 nitrogen and oxygen atoms in total. The Balaban J connectivity index is 2.40. The normalized spacial score (nSPS) is 11.5. The van der Waals surface area contributed by atoms with Crippen LogP contribution in [-0.4, -0.2) is 9.97 Å². The van der Waals surface area contributed by atoms with Crippen LogP contribution < -0.4 is 0 Å². The van der Waals surface area contributed by atoms with Crippen LogP contribution in [0.4, 0.5) is 13.2 Å². The maximum Gasteiger partial charge on any atom is 0.416 e. The van der Waals surface area contributed by atoms with Gasteiger partial charge in [0, 0.05) is 18.0 Å². The first-order valence-electron chi connectivity index (χ1n) is 4.62. The lowest BCUT2D eigenvalue weighted by Gasteiger charge is -2.07. The van der Waals surface area contributed by atoms with E-state index in [0.29, 0.717) is 11.3 Å². The summed E-state index contributed by atoms with van der Waals surface area (Å²) in [5, 5.41) is 0.159. The highest BCUT2D eigenvalue weighted by atomic mass is 35.5. The molecular weight excluding hydrogens is 253 g/mol.